The minimum absolute atomic E-state index is 0.0150. The molecule has 2 aromatic carbocycles. The lowest BCUT2D eigenvalue weighted by Crippen LogP contribution is -2.43. The summed E-state index contributed by atoms with van der Waals surface area (Å²) in [6.45, 7) is 2.03. The first kappa shape index (κ1) is 36.5. The number of nitrogens with one attached hydrogen (secondary N) is 3. The molecule has 0 bridgehead atoms. The van der Waals surface area contributed by atoms with E-state index in [0.29, 0.717) is 39.0 Å². The highest BCUT2D eigenvalue weighted by molar-refractivity contribution is 6.39. The highest BCUT2D eigenvalue weighted by atomic mass is 35.5. The maximum atomic E-state index is 13.8. The average Bonchev–Trinajstić information content (AvgIpc) is 3.92. The third-order valence-corrected chi connectivity index (χ3v) is 11.1. The van der Waals surface area contributed by atoms with Crippen LogP contribution in [0.3, 0.4) is 0 Å². The Labute approximate surface area is 313 Å². The van der Waals surface area contributed by atoms with Gasteiger partial charge in [-0.15, -0.1) is 0 Å². The SMILES string of the molecule is COc1nc(-c2cccc(-c3cccc(Nc4nc(C(F)F)cc5c4c(=O)n(C)c(=O)n5C)c3Cl)c2Cl)cc2c1CCC2.O=C1CCC2(CCNC2)N1. The number of anilines is 2. The molecule has 0 radical (unpaired) electrons. The molecule has 0 saturated carbocycles. The fourth-order valence-corrected chi connectivity index (χ4v) is 8.00. The van der Waals surface area contributed by atoms with Crippen LogP contribution in [0.1, 0.15) is 48.9 Å². The fourth-order valence-electron chi connectivity index (χ4n) is 7.40. The van der Waals surface area contributed by atoms with Crippen molar-refractivity contribution in [2.45, 2.75) is 50.5 Å². The van der Waals surface area contributed by atoms with Gasteiger partial charge in [0, 0.05) is 49.3 Å². The number of amides is 1. The average molecular weight is 765 g/mol. The third-order valence-electron chi connectivity index (χ3n) is 10.2. The second kappa shape index (κ2) is 14.5. The summed E-state index contributed by atoms with van der Waals surface area (Å²) in [7, 11) is 4.31. The highest BCUT2D eigenvalue weighted by Crippen LogP contribution is 2.43. The third kappa shape index (κ3) is 6.77. The van der Waals surface area contributed by atoms with Crippen LogP contribution in [0.4, 0.5) is 20.3 Å². The number of carbonyl (C=O) groups excluding carboxylic acids is 1. The van der Waals surface area contributed by atoms with Crippen LogP contribution < -0.4 is 31.9 Å². The lowest BCUT2D eigenvalue weighted by molar-refractivity contribution is -0.119. The number of carbonyl (C=O) groups is 1. The minimum atomic E-state index is -2.95. The Morgan fingerprint density at radius 3 is 2.34 bits per heavy atom. The molecule has 1 unspecified atom stereocenters. The monoisotopic (exact) mass is 763 g/mol. The molecule has 2 fully saturated rings. The number of ether oxygens (including phenoxy) is 1. The number of benzene rings is 2. The van der Waals surface area contributed by atoms with Crippen LogP contribution in [0, 0.1) is 0 Å². The number of fused-ring (bicyclic) bond motifs is 2. The summed E-state index contributed by atoms with van der Waals surface area (Å²) in [6, 6.07) is 13.7. The van der Waals surface area contributed by atoms with Crippen molar-refractivity contribution in [2.75, 3.05) is 25.5 Å². The molecule has 1 spiro atoms. The van der Waals surface area contributed by atoms with E-state index >= 15 is 0 Å². The smallest absolute Gasteiger partial charge is 0.330 e. The van der Waals surface area contributed by atoms with Crippen LogP contribution in [0.2, 0.25) is 10.0 Å². The number of alkyl halides is 2. The highest BCUT2D eigenvalue weighted by Gasteiger charge is 2.39. The summed E-state index contributed by atoms with van der Waals surface area (Å²) < 4.78 is 35.2. The molecule has 11 nitrogen and oxygen atoms in total. The van der Waals surface area contributed by atoms with Gasteiger partial charge in [0.1, 0.15) is 16.9 Å². The second-order valence-electron chi connectivity index (χ2n) is 13.5. The van der Waals surface area contributed by atoms with E-state index in [4.69, 9.17) is 32.9 Å². The Morgan fingerprint density at radius 1 is 0.925 bits per heavy atom. The van der Waals surface area contributed by atoms with Crippen LogP contribution in [0.25, 0.3) is 33.3 Å². The van der Waals surface area contributed by atoms with Crippen LogP contribution in [0.5, 0.6) is 5.88 Å². The standard InChI is InChI=1S/C31H25Cl2F2N5O3.C7H12N2O/c1-39-23-14-22(27(34)35)37-28(24(23)30(41)40(2)31(39)42)36-20-12-6-10-18(26(20)33)17-9-5-11-19(25(17)32)21-13-15-7-4-8-16(15)29(38-21)43-3;10-6-1-2-7(9-6)3-4-8-5-7/h5-6,9-14,27H,4,7-8H2,1-3H3,(H,36,37);8H,1-5H2,(H,9,10). The first-order valence-corrected chi connectivity index (χ1v) is 18.0. The van der Waals surface area contributed by atoms with E-state index < -0.39 is 23.4 Å². The maximum Gasteiger partial charge on any atom is 0.330 e. The Kier molecular flexibility index (Phi) is 10.0. The van der Waals surface area contributed by atoms with E-state index in [1.165, 1.54) is 19.7 Å². The van der Waals surface area contributed by atoms with Gasteiger partial charge in [0.2, 0.25) is 11.8 Å². The van der Waals surface area contributed by atoms with Crippen molar-refractivity contribution in [1.29, 1.82) is 0 Å². The van der Waals surface area contributed by atoms with Gasteiger partial charge in [0.25, 0.3) is 12.0 Å². The van der Waals surface area contributed by atoms with Gasteiger partial charge in [-0.1, -0.05) is 53.5 Å². The largest absolute Gasteiger partial charge is 0.481 e. The molecule has 2 saturated heterocycles. The van der Waals surface area contributed by atoms with E-state index in [2.05, 4.69) is 20.9 Å². The zero-order valence-corrected chi connectivity index (χ0v) is 30.8. The molecule has 1 amide bonds. The van der Waals surface area contributed by atoms with Crippen LogP contribution in [0.15, 0.2) is 58.1 Å². The summed E-state index contributed by atoms with van der Waals surface area (Å²) in [5.41, 5.74) is 3.38. The molecule has 1 aliphatic carbocycles. The molecule has 5 heterocycles. The van der Waals surface area contributed by atoms with Gasteiger partial charge >= 0.3 is 5.69 Å². The predicted molar refractivity (Wildman–Crippen MR) is 202 cm³/mol. The number of hydrogen-bond acceptors (Lipinski definition) is 8. The molecule has 3 N–H and O–H groups in total. The summed E-state index contributed by atoms with van der Waals surface area (Å²) in [4.78, 5) is 45.3. The molecular weight excluding hydrogens is 727 g/mol. The molecule has 15 heteroatoms. The van der Waals surface area contributed by atoms with Crippen LogP contribution in [-0.4, -0.2) is 50.7 Å². The van der Waals surface area contributed by atoms with E-state index in [0.717, 1.165) is 72.4 Å². The van der Waals surface area contributed by atoms with Crippen molar-refractivity contribution in [1.82, 2.24) is 29.7 Å². The van der Waals surface area contributed by atoms with Crippen molar-refractivity contribution in [3.8, 4) is 28.3 Å². The van der Waals surface area contributed by atoms with Gasteiger partial charge in [-0.2, -0.15) is 0 Å². The molecule has 5 aromatic rings. The van der Waals surface area contributed by atoms with E-state index in [1.54, 1.807) is 25.3 Å². The Hall–Kier alpha value is -4.85. The summed E-state index contributed by atoms with van der Waals surface area (Å²) >= 11 is 13.9. The Bertz CT molecular complexity index is 2390. The van der Waals surface area contributed by atoms with Gasteiger partial charge in [-0.25, -0.2) is 23.5 Å². The number of methoxy groups -OCH3 is 1. The molecule has 2 aliphatic heterocycles. The van der Waals surface area contributed by atoms with E-state index in [9.17, 15) is 23.2 Å². The molecule has 1 atom stereocenters. The number of pyridine rings is 2. The zero-order chi connectivity index (χ0) is 37.6. The topological polar surface area (TPSA) is 132 Å². The summed E-state index contributed by atoms with van der Waals surface area (Å²) in [6.07, 6.45) is 2.80. The van der Waals surface area contributed by atoms with Crippen molar-refractivity contribution >= 4 is 51.5 Å². The lowest BCUT2D eigenvalue weighted by atomic mass is 9.97. The summed E-state index contributed by atoms with van der Waals surface area (Å²) in [5, 5.41) is 9.86. The Morgan fingerprint density at radius 2 is 1.66 bits per heavy atom. The van der Waals surface area contributed by atoms with Crippen LogP contribution in [-0.2, 0) is 31.7 Å². The fraction of sp³-hybridized carbons (Fsp3) is 0.342. The predicted octanol–water partition coefficient (Wildman–Crippen LogP) is 6.48. The molecule has 53 heavy (non-hydrogen) atoms. The van der Waals surface area contributed by atoms with Gasteiger partial charge in [-0.3, -0.25) is 18.7 Å². The number of rotatable bonds is 6. The number of nitrogens with zero attached hydrogens (tertiary/aromatic N) is 4. The van der Waals surface area contributed by atoms with Crippen LogP contribution >= 0.6 is 23.2 Å². The van der Waals surface area contributed by atoms with Gasteiger partial charge in [0.05, 0.1) is 39.6 Å². The maximum absolute atomic E-state index is 13.8. The minimum Gasteiger partial charge on any atom is -0.481 e. The molecule has 276 valence electrons. The zero-order valence-electron chi connectivity index (χ0n) is 29.3. The molecule has 8 rings (SSSR count). The van der Waals surface area contributed by atoms with Crippen molar-refractivity contribution in [2.24, 2.45) is 14.1 Å². The normalized spacial score (nSPS) is 17.6. The van der Waals surface area contributed by atoms with Crippen molar-refractivity contribution in [3.63, 3.8) is 0 Å². The summed E-state index contributed by atoms with van der Waals surface area (Å²) in [5.74, 6) is 0.658. The second-order valence-corrected chi connectivity index (χ2v) is 14.3. The quantitative estimate of drug-likeness (QED) is 0.179. The van der Waals surface area contributed by atoms with Gasteiger partial charge < -0.3 is 20.7 Å². The number of aryl methyl sites for hydroxylation is 2. The first-order chi connectivity index (χ1) is 25.4. The molecule has 3 aliphatic rings. The Balaban J connectivity index is 0.000000373. The lowest BCUT2D eigenvalue weighted by Gasteiger charge is -2.20. The number of aromatic nitrogens is 4. The molecular formula is C38H37Cl2F2N7O4. The van der Waals surface area contributed by atoms with Crippen molar-refractivity contribution < 1.29 is 18.3 Å². The van der Waals surface area contributed by atoms with Gasteiger partial charge in [-0.05, 0) is 62.4 Å². The van der Waals surface area contributed by atoms with Crippen molar-refractivity contribution in [3.05, 3.63) is 96.2 Å². The van der Waals surface area contributed by atoms with E-state index in [-0.39, 0.29) is 33.2 Å². The number of hydrogen-bond donors (Lipinski definition) is 3. The molecule has 3 aromatic heterocycles. The van der Waals surface area contributed by atoms with E-state index in [1.807, 2.05) is 24.3 Å². The first-order valence-electron chi connectivity index (χ1n) is 17.2. The van der Waals surface area contributed by atoms with Gasteiger partial charge in [0.15, 0.2) is 0 Å². The number of halogens is 4.